The second-order valence-corrected chi connectivity index (χ2v) is 2.94. The summed E-state index contributed by atoms with van der Waals surface area (Å²) in [6.45, 7) is -4.10. The Bertz CT molecular complexity index is 452. The molecule has 16 heavy (non-hydrogen) atoms. The van der Waals surface area contributed by atoms with E-state index in [2.05, 4.69) is 0 Å². The highest BCUT2D eigenvalue weighted by molar-refractivity contribution is 5.24. The minimum Gasteiger partial charge on any atom is -0.371 e. The second-order valence-electron chi connectivity index (χ2n) is 2.94. The zero-order valence-electron chi connectivity index (χ0n) is 9.73. The van der Waals surface area contributed by atoms with Crippen LogP contribution in [0.5, 0.6) is 0 Å². The van der Waals surface area contributed by atoms with Crippen molar-refractivity contribution in [3.05, 3.63) is 46.0 Å². The summed E-state index contributed by atoms with van der Waals surface area (Å²) in [5.74, 6) is 0. The Morgan fingerprint density at radius 3 is 2.25 bits per heavy atom. The van der Waals surface area contributed by atoms with Crippen molar-refractivity contribution in [3.8, 4) is 0 Å². The Morgan fingerprint density at radius 1 is 1.38 bits per heavy atom. The summed E-state index contributed by atoms with van der Waals surface area (Å²) in [5, 5.41) is 20.0. The molecule has 88 valence electrons. The molecule has 0 aliphatic rings. The monoisotopic (exact) mass is 237 g/mol. The summed E-state index contributed by atoms with van der Waals surface area (Å²) in [6, 6.07) is 5.11. The first kappa shape index (κ1) is 9.59. The molecule has 0 saturated carbocycles. The van der Waals surface area contributed by atoms with Gasteiger partial charge in [0, 0.05) is 4.92 Å². The van der Waals surface area contributed by atoms with Gasteiger partial charge in [0.05, 0.1) is 0 Å². The van der Waals surface area contributed by atoms with Crippen LogP contribution in [-0.2, 0) is 5.60 Å². The summed E-state index contributed by atoms with van der Waals surface area (Å²) in [5.41, 5.74) is -5.15. The third kappa shape index (κ3) is 2.30. The van der Waals surface area contributed by atoms with E-state index in [9.17, 15) is 28.4 Å². The van der Waals surface area contributed by atoms with Crippen LogP contribution in [0.15, 0.2) is 30.3 Å². The van der Waals surface area contributed by atoms with Gasteiger partial charge in [-0.2, -0.15) is 13.2 Å². The van der Waals surface area contributed by atoms with E-state index < -0.39 is 28.8 Å². The topological polar surface area (TPSA) is 63.4 Å². The molecular weight excluding hydrogens is 227 g/mol. The Hall–Kier alpha value is -1.63. The van der Waals surface area contributed by atoms with Gasteiger partial charge in [-0.15, -0.1) is 0 Å². The van der Waals surface area contributed by atoms with Gasteiger partial charge in [-0.05, 0) is 5.56 Å². The van der Waals surface area contributed by atoms with E-state index in [-0.39, 0.29) is 0 Å². The Labute approximate surface area is 91.3 Å². The molecule has 4 nitrogen and oxygen atoms in total. The molecule has 0 aliphatic carbocycles. The molecule has 0 saturated heterocycles. The van der Waals surface area contributed by atoms with Gasteiger partial charge in [-0.1, -0.05) is 30.3 Å². The van der Waals surface area contributed by atoms with E-state index in [4.69, 9.17) is 2.74 Å². The number of alkyl halides is 3. The van der Waals surface area contributed by atoms with Crippen molar-refractivity contribution in [2.45, 2.75) is 11.8 Å². The van der Waals surface area contributed by atoms with E-state index in [1.54, 1.807) is 0 Å². The molecule has 0 amide bonds. The van der Waals surface area contributed by atoms with E-state index in [0.717, 1.165) is 24.3 Å². The summed E-state index contributed by atoms with van der Waals surface area (Å²) in [6.07, 6.45) is -5.54. The first-order valence-corrected chi connectivity index (χ1v) is 4.04. The highest BCUT2D eigenvalue weighted by atomic mass is 19.4. The van der Waals surface area contributed by atoms with Gasteiger partial charge < -0.3 is 5.11 Å². The fraction of sp³-hybridized carbons (Fsp3) is 0.333. The van der Waals surface area contributed by atoms with Crippen LogP contribution in [0, 0.1) is 10.1 Å². The van der Waals surface area contributed by atoms with Crippen LogP contribution < -0.4 is 0 Å². The van der Waals surface area contributed by atoms with Crippen LogP contribution in [-0.4, -0.2) is 22.7 Å². The van der Waals surface area contributed by atoms with E-state index in [1.807, 2.05) is 0 Å². The average Bonchev–Trinajstić information content (AvgIpc) is 2.27. The normalized spacial score (nSPS) is 18.2. The first-order chi connectivity index (χ1) is 8.05. The molecule has 0 spiro atoms. The Balaban J connectivity index is 3.53. The van der Waals surface area contributed by atoms with Gasteiger partial charge in [0.15, 0.2) is 0 Å². The first-order valence-electron chi connectivity index (χ1n) is 5.04. The van der Waals surface area contributed by atoms with Gasteiger partial charge in [0.25, 0.3) is 5.60 Å². The number of nitro groups is 1. The molecular formula is C9H8F3NO3. The lowest BCUT2D eigenvalue weighted by Crippen LogP contribution is -2.47. The standard InChI is InChI=1S/C9H8F3NO3/c10-9(11,12)8(14,6-13(15)16)7-4-2-1-3-5-7/h1-5,14H,6H2/i6D2. The maximum absolute atomic E-state index is 12.9. The van der Waals surface area contributed by atoms with Crippen LogP contribution >= 0.6 is 0 Å². The highest BCUT2D eigenvalue weighted by Gasteiger charge is 2.58. The van der Waals surface area contributed by atoms with Crippen LogP contribution in [0.25, 0.3) is 0 Å². The molecule has 1 rings (SSSR count). The van der Waals surface area contributed by atoms with Crippen LogP contribution in [0.1, 0.15) is 8.30 Å². The number of rotatable bonds is 3. The number of benzene rings is 1. The number of halogens is 3. The predicted octanol–water partition coefficient (Wildman–Crippen LogP) is 1.71. The summed E-state index contributed by atoms with van der Waals surface area (Å²) in [7, 11) is 0. The molecule has 1 atom stereocenters. The molecule has 0 aliphatic heterocycles. The molecule has 1 aromatic rings. The SMILES string of the molecule is [2H]C([2H])([N+](=O)[O-])C(O)(c1ccccc1)C(F)(F)F. The average molecular weight is 237 g/mol. The lowest BCUT2D eigenvalue weighted by Gasteiger charge is -2.26. The number of aliphatic hydroxyl groups is 1. The lowest BCUT2D eigenvalue weighted by atomic mass is 9.93. The maximum atomic E-state index is 12.9. The molecule has 0 fully saturated rings. The number of hydrogen-bond donors (Lipinski definition) is 1. The molecule has 0 radical (unpaired) electrons. The molecule has 7 heteroatoms. The van der Waals surface area contributed by atoms with E-state index >= 15 is 0 Å². The van der Waals surface area contributed by atoms with Crippen LogP contribution in [0.4, 0.5) is 13.2 Å². The van der Waals surface area contributed by atoms with E-state index in [1.165, 1.54) is 6.07 Å². The Kier molecular flexibility index (Phi) is 2.45. The predicted molar refractivity (Wildman–Crippen MR) is 48.3 cm³/mol. The highest BCUT2D eigenvalue weighted by Crippen LogP contribution is 2.38. The third-order valence-electron chi connectivity index (χ3n) is 1.85. The molecule has 1 N–H and O–H groups in total. The molecule has 1 unspecified atom stereocenters. The zero-order chi connectivity index (χ0) is 14.2. The van der Waals surface area contributed by atoms with Gasteiger partial charge in [0.1, 0.15) is 2.74 Å². The van der Waals surface area contributed by atoms with Gasteiger partial charge >= 0.3 is 6.18 Å². The Morgan fingerprint density at radius 2 is 1.88 bits per heavy atom. The molecule has 0 bridgehead atoms. The van der Waals surface area contributed by atoms with Gasteiger partial charge in [-0.25, -0.2) is 0 Å². The van der Waals surface area contributed by atoms with Crippen LogP contribution in [0.3, 0.4) is 0 Å². The van der Waals surface area contributed by atoms with Crippen LogP contribution in [0.2, 0.25) is 0 Å². The quantitative estimate of drug-likeness (QED) is 0.643. The van der Waals surface area contributed by atoms with Crippen molar-refractivity contribution >= 4 is 0 Å². The zero-order valence-corrected chi connectivity index (χ0v) is 7.73. The molecule has 0 heterocycles. The minimum atomic E-state index is -5.54. The summed E-state index contributed by atoms with van der Waals surface area (Å²) < 4.78 is 52.4. The minimum absolute atomic E-state index is 0.773. The molecule has 0 aromatic heterocycles. The fourth-order valence-electron chi connectivity index (χ4n) is 1.10. The van der Waals surface area contributed by atoms with Crippen molar-refractivity contribution in [2.24, 2.45) is 0 Å². The number of hydrogen-bond acceptors (Lipinski definition) is 3. The van der Waals surface area contributed by atoms with Crippen molar-refractivity contribution in [2.75, 3.05) is 6.50 Å². The summed E-state index contributed by atoms with van der Waals surface area (Å²) in [4.78, 5) is 8.66. The smallest absolute Gasteiger partial charge is 0.371 e. The van der Waals surface area contributed by atoms with Crippen molar-refractivity contribution in [1.82, 2.24) is 0 Å². The summed E-state index contributed by atoms with van der Waals surface area (Å²) >= 11 is 0. The fourth-order valence-corrected chi connectivity index (χ4v) is 1.10. The molecule has 1 aromatic carbocycles. The second kappa shape index (κ2) is 4.09. The number of nitrogens with zero attached hydrogens (tertiary/aromatic N) is 1. The lowest BCUT2D eigenvalue weighted by molar-refractivity contribution is -0.519. The van der Waals surface area contributed by atoms with Crippen molar-refractivity contribution in [1.29, 1.82) is 0 Å². The van der Waals surface area contributed by atoms with Gasteiger partial charge in [-0.3, -0.25) is 10.1 Å². The third-order valence-corrected chi connectivity index (χ3v) is 1.85. The van der Waals surface area contributed by atoms with Crippen molar-refractivity contribution in [3.63, 3.8) is 0 Å². The van der Waals surface area contributed by atoms with Gasteiger partial charge in [0.2, 0.25) is 6.50 Å². The largest absolute Gasteiger partial charge is 0.428 e. The maximum Gasteiger partial charge on any atom is 0.428 e. The van der Waals surface area contributed by atoms with E-state index in [0.29, 0.717) is 0 Å². The van der Waals surface area contributed by atoms with Crippen molar-refractivity contribution < 1.29 is 25.9 Å².